The smallest absolute Gasteiger partial charge is 0.170 e. The van der Waals surface area contributed by atoms with Gasteiger partial charge in [-0.3, -0.25) is 0 Å². The van der Waals surface area contributed by atoms with Gasteiger partial charge >= 0.3 is 0 Å². The first kappa shape index (κ1) is 14.0. The number of rotatable bonds is 4. The first-order valence-electron chi connectivity index (χ1n) is 6.21. The van der Waals surface area contributed by atoms with Crippen molar-refractivity contribution in [1.82, 2.24) is 5.32 Å². The summed E-state index contributed by atoms with van der Waals surface area (Å²) in [4.78, 5) is 0. The van der Waals surface area contributed by atoms with Crippen molar-refractivity contribution >= 4 is 23.0 Å². The minimum atomic E-state index is 0.353. The zero-order chi connectivity index (χ0) is 12.8. The monoisotopic (exact) mass is 250 g/mol. The van der Waals surface area contributed by atoms with Crippen LogP contribution in [-0.4, -0.2) is 11.2 Å². The summed E-state index contributed by atoms with van der Waals surface area (Å²) in [5.41, 5.74) is 2.43. The zero-order valence-electron chi connectivity index (χ0n) is 11.1. The van der Waals surface area contributed by atoms with Gasteiger partial charge < -0.3 is 10.6 Å². The fraction of sp³-hybridized carbons (Fsp3) is 0.500. The Kier molecular flexibility index (Phi) is 5.42. The Balaban J connectivity index is 2.80. The summed E-state index contributed by atoms with van der Waals surface area (Å²) in [5.74, 6) is 0.542. The average Bonchev–Trinajstić information content (AvgIpc) is 2.27. The Hall–Kier alpha value is -1.09. The average molecular weight is 250 g/mol. The van der Waals surface area contributed by atoms with E-state index in [0.717, 1.165) is 12.1 Å². The summed E-state index contributed by atoms with van der Waals surface area (Å²) < 4.78 is 0. The molecule has 0 bridgehead atoms. The lowest BCUT2D eigenvalue weighted by Crippen LogP contribution is -2.34. The Morgan fingerprint density at radius 2 is 1.88 bits per heavy atom. The van der Waals surface area contributed by atoms with Crippen LogP contribution in [0.2, 0.25) is 0 Å². The van der Waals surface area contributed by atoms with E-state index in [0.29, 0.717) is 17.1 Å². The minimum Gasteiger partial charge on any atom is -0.360 e. The van der Waals surface area contributed by atoms with Gasteiger partial charge in [0.15, 0.2) is 5.11 Å². The van der Waals surface area contributed by atoms with Crippen molar-refractivity contribution < 1.29 is 0 Å². The molecule has 0 aliphatic heterocycles. The Labute approximate surface area is 110 Å². The van der Waals surface area contributed by atoms with Crippen LogP contribution >= 0.6 is 12.2 Å². The largest absolute Gasteiger partial charge is 0.360 e. The van der Waals surface area contributed by atoms with Crippen molar-refractivity contribution in [3.63, 3.8) is 0 Å². The highest BCUT2D eigenvalue weighted by molar-refractivity contribution is 7.80. The van der Waals surface area contributed by atoms with Crippen molar-refractivity contribution in [3.8, 4) is 0 Å². The lowest BCUT2D eigenvalue weighted by atomic mass is 9.97. The van der Waals surface area contributed by atoms with Gasteiger partial charge in [0.1, 0.15) is 0 Å². The number of benzene rings is 1. The molecule has 17 heavy (non-hydrogen) atoms. The number of thiocarbonyl (C=S) groups is 1. The molecule has 1 rings (SSSR count). The molecule has 1 aromatic carbocycles. The number of hydrogen-bond acceptors (Lipinski definition) is 1. The molecule has 0 radical (unpaired) electrons. The third kappa shape index (κ3) is 4.35. The standard InChI is InChI=1S/C14H22N2S/c1-5-11(4)12-8-6-7-9-13(12)16-14(17)15-10(2)3/h6-11H,5H2,1-4H3,(H2,15,16,17)/t11-/m1/s1. The van der Waals surface area contributed by atoms with Gasteiger partial charge in [-0.05, 0) is 50.0 Å². The normalized spacial score (nSPS) is 12.3. The molecule has 0 unspecified atom stereocenters. The zero-order valence-corrected chi connectivity index (χ0v) is 11.9. The molecule has 94 valence electrons. The number of anilines is 1. The molecule has 0 aliphatic rings. The number of hydrogen-bond donors (Lipinski definition) is 2. The summed E-state index contributed by atoms with van der Waals surface area (Å²) >= 11 is 5.27. The quantitative estimate of drug-likeness (QED) is 0.793. The van der Waals surface area contributed by atoms with E-state index < -0.39 is 0 Å². The fourth-order valence-corrected chi connectivity index (χ4v) is 2.03. The highest BCUT2D eigenvalue weighted by Gasteiger charge is 2.09. The summed E-state index contributed by atoms with van der Waals surface area (Å²) in [6.07, 6.45) is 1.13. The van der Waals surface area contributed by atoms with Gasteiger partial charge in [0.25, 0.3) is 0 Å². The molecule has 0 aromatic heterocycles. The van der Waals surface area contributed by atoms with Crippen LogP contribution in [0.5, 0.6) is 0 Å². The predicted molar refractivity (Wildman–Crippen MR) is 79.6 cm³/mol. The summed E-state index contributed by atoms with van der Waals surface area (Å²) in [7, 11) is 0. The Morgan fingerprint density at radius 1 is 1.24 bits per heavy atom. The van der Waals surface area contributed by atoms with Crippen LogP contribution in [0, 0.1) is 0 Å². The maximum atomic E-state index is 5.27. The van der Waals surface area contributed by atoms with Crippen molar-refractivity contribution in [3.05, 3.63) is 29.8 Å². The van der Waals surface area contributed by atoms with E-state index >= 15 is 0 Å². The molecule has 3 heteroatoms. The van der Waals surface area contributed by atoms with Crippen LogP contribution in [0.1, 0.15) is 45.6 Å². The van der Waals surface area contributed by atoms with E-state index in [4.69, 9.17) is 12.2 Å². The molecule has 0 amide bonds. The van der Waals surface area contributed by atoms with Gasteiger partial charge in [0, 0.05) is 11.7 Å². The maximum absolute atomic E-state index is 5.27. The second-order valence-corrected chi connectivity index (χ2v) is 5.06. The second kappa shape index (κ2) is 6.60. The van der Waals surface area contributed by atoms with E-state index in [-0.39, 0.29) is 0 Å². The molecular weight excluding hydrogens is 228 g/mol. The molecule has 0 aliphatic carbocycles. The third-order valence-electron chi connectivity index (χ3n) is 2.77. The molecule has 0 saturated carbocycles. The first-order chi connectivity index (χ1) is 8.04. The van der Waals surface area contributed by atoms with Crippen molar-refractivity contribution in [2.45, 2.75) is 46.1 Å². The molecule has 2 nitrogen and oxygen atoms in total. The third-order valence-corrected chi connectivity index (χ3v) is 2.99. The van der Waals surface area contributed by atoms with Crippen LogP contribution < -0.4 is 10.6 Å². The van der Waals surface area contributed by atoms with E-state index in [1.807, 2.05) is 6.07 Å². The van der Waals surface area contributed by atoms with Gasteiger partial charge in [-0.2, -0.15) is 0 Å². The molecule has 2 N–H and O–H groups in total. The Bertz CT molecular complexity index is 374. The predicted octanol–water partition coefficient (Wildman–Crippen LogP) is 3.89. The van der Waals surface area contributed by atoms with Gasteiger partial charge in [0.2, 0.25) is 0 Å². The molecule has 1 atom stereocenters. The van der Waals surface area contributed by atoms with Crippen molar-refractivity contribution in [2.75, 3.05) is 5.32 Å². The van der Waals surface area contributed by atoms with Crippen LogP contribution in [0.15, 0.2) is 24.3 Å². The van der Waals surface area contributed by atoms with Gasteiger partial charge in [0.05, 0.1) is 0 Å². The molecule has 0 saturated heterocycles. The van der Waals surface area contributed by atoms with Crippen LogP contribution in [0.25, 0.3) is 0 Å². The molecular formula is C14H22N2S. The number of para-hydroxylation sites is 1. The lowest BCUT2D eigenvalue weighted by Gasteiger charge is -2.18. The van der Waals surface area contributed by atoms with E-state index in [1.165, 1.54) is 5.56 Å². The summed E-state index contributed by atoms with van der Waals surface area (Å²) in [6, 6.07) is 8.70. The second-order valence-electron chi connectivity index (χ2n) is 4.65. The van der Waals surface area contributed by atoms with Crippen LogP contribution in [-0.2, 0) is 0 Å². The van der Waals surface area contributed by atoms with Crippen LogP contribution in [0.3, 0.4) is 0 Å². The highest BCUT2D eigenvalue weighted by Crippen LogP contribution is 2.26. The molecule has 0 spiro atoms. The first-order valence-corrected chi connectivity index (χ1v) is 6.61. The van der Waals surface area contributed by atoms with Gasteiger partial charge in [-0.25, -0.2) is 0 Å². The maximum Gasteiger partial charge on any atom is 0.170 e. The SMILES string of the molecule is CC[C@@H](C)c1ccccc1NC(=S)NC(C)C. The van der Waals surface area contributed by atoms with Gasteiger partial charge in [-0.15, -0.1) is 0 Å². The van der Waals surface area contributed by atoms with Crippen LogP contribution in [0.4, 0.5) is 5.69 Å². The van der Waals surface area contributed by atoms with E-state index in [9.17, 15) is 0 Å². The van der Waals surface area contributed by atoms with E-state index in [1.54, 1.807) is 0 Å². The topological polar surface area (TPSA) is 24.1 Å². The summed E-state index contributed by atoms with van der Waals surface area (Å²) in [6.45, 7) is 8.59. The lowest BCUT2D eigenvalue weighted by molar-refractivity contribution is 0.731. The van der Waals surface area contributed by atoms with Crippen molar-refractivity contribution in [2.24, 2.45) is 0 Å². The number of nitrogens with one attached hydrogen (secondary N) is 2. The Morgan fingerprint density at radius 3 is 2.47 bits per heavy atom. The molecule has 0 heterocycles. The fourth-order valence-electron chi connectivity index (χ4n) is 1.68. The van der Waals surface area contributed by atoms with Gasteiger partial charge in [-0.1, -0.05) is 32.0 Å². The highest BCUT2D eigenvalue weighted by atomic mass is 32.1. The van der Waals surface area contributed by atoms with E-state index in [2.05, 4.69) is 56.5 Å². The minimum absolute atomic E-state index is 0.353. The summed E-state index contributed by atoms with van der Waals surface area (Å²) in [5, 5.41) is 7.16. The molecule has 0 fully saturated rings. The molecule has 1 aromatic rings. The van der Waals surface area contributed by atoms with Crippen molar-refractivity contribution in [1.29, 1.82) is 0 Å².